The van der Waals surface area contributed by atoms with Gasteiger partial charge in [0, 0.05) is 22.3 Å². The van der Waals surface area contributed by atoms with Crippen LogP contribution in [0.1, 0.15) is 36.4 Å². The number of likely N-dealkylation sites (tertiary alicyclic amines) is 1. The minimum absolute atomic E-state index is 0.280. The fraction of sp³-hybridized carbons (Fsp3) is 0.733. The highest BCUT2D eigenvalue weighted by Crippen LogP contribution is 2.25. The molecule has 1 fully saturated rings. The molecule has 4 nitrogen and oxygen atoms in total. The van der Waals surface area contributed by atoms with Gasteiger partial charge in [-0.15, -0.1) is 11.3 Å². The zero-order chi connectivity index (χ0) is 15.6. The lowest BCUT2D eigenvalue weighted by Gasteiger charge is -2.30. The predicted molar refractivity (Wildman–Crippen MR) is 88.4 cm³/mol. The molecule has 6 heteroatoms. The minimum atomic E-state index is -3.39. The van der Waals surface area contributed by atoms with Crippen molar-refractivity contribution in [3.63, 3.8) is 0 Å². The normalized spacial score (nSPS) is 18.5. The van der Waals surface area contributed by atoms with Crippen LogP contribution in [0.2, 0.25) is 0 Å². The summed E-state index contributed by atoms with van der Waals surface area (Å²) >= 11 is 1.53. The van der Waals surface area contributed by atoms with Gasteiger partial charge in [0.05, 0.1) is 4.90 Å². The summed E-state index contributed by atoms with van der Waals surface area (Å²) in [6.07, 6.45) is 2.44. The van der Waals surface area contributed by atoms with E-state index in [-0.39, 0.29) is 6.04 Å². The van der Waals surface area contributed by atoms with Crippen molar-refractivity contribution in [2.45, 2.75) is 51.5 Å². The number of nitrogens with zero attached hydrogens (tertiary/aromatic N) is 1. The lowest BCUT2D eigenvalue weighted by molar-refractivity contribution is 0.193. The summed E-state index contributed by atoms with van der Waals surface area (Å²) in [5, 5.41) is 0. The Morgan fingerprint density at radius 3 is 2.38 bits per heavy atom. The number of hydrogen-bond acceptors (Lipinski definition) is 4. The molecule has 0 radical (unpaired) electrons. The molecule has 1 N–H and O–H groups in total. The van der Waals surface area contributed by atoms with Gasteiger partial charge in [0.15, 0.2) is 0 Å². The number of aryl methyl sites for hydroxylation is 2. The maximum Gasteiger partial charge on any atom is 0.241 e. The van der Waals surface area contributed by atoms with Crippen LogP contribution in [0.4, 0.5) is 0 Å². The van der Waals surface area contributed by atoms with Crippen molar-refractivity contribution in [2.24, 2.45) is 5.92 Å². The first-order valence-electron chi connectivity index (χ1n) is 7.62. The Labute approximate surface area is 132 Å². The second kappa shape index (κ2) is 6.77. The topological polar surface area (TPSA) is 49.4 Å². The van der Waals surface area contributed by atoms with Crippen LogP contribution in [0.5, 0.6) is 0 Å². The van der Waals surface area contributed by atoms with Gasteiger partial charge in [0.1, 0.15) is 0 Å². The Bertz CT molecular complexity index is 572. The van der Waals surface area contributed by atoms with Crippen LogP contribution in [0.15, 0.2) is 11.0 Å². The SMILES string of the molecule is Cc1cc(S(=O)(=O)NC[C@@H](C(C)C)N2CCCC2)c(C)s1. The van der Waals surface area contributed by atoms with Gasteiger partial charge in [-0.1, -0.05) is 13.8 Å². The molecule has 120 valence electrons. The van der Waals surface area contributed by atoms with Gasteiger partial charge in [-0.25, -0.2) is 13.1 Å². The smallest absolute Gasteiger partial charge is 0.241 e. The summed E-state index contributed by atoms with van der Waals surface area (Å²) in [6, 6.07) is 2.05. The Morgan fingerprint density at radius 1 is 1.29 bits per heavy atom. The van der Waals surface area contributed by atoms with E-state index in [9.17, 15) is 8.42 Å². The molecule has 0 spiro atoms. The van der Waals surface area contributed by atoms with Crippen molar-refractivity contribution in [3.05, 3.63) is 15.8 Å². The van der Waals surface area contributed by atoms with Crippen molar-refractivity contribution in [1.29, 1.82) is 0 Å². The molecule has 1 aliphatic heterocycles. The first-order chi connectivity index (χ1) is 9.81. The largest absolute Gasteiger partial charge is 0.299 e. The van der Waals surface area contributed by atoms with E-state index < -0.39 is 10.0 Å². The number of sulfonamides is 1. The molecule has 0 unspecified atom stereocenters. The molecule has 1 atom stereocenters. The van der Waals surface area contributed by atoms with Crippen LogP contribution in [-0.2, 0) is 10.0 Å². The number of thiophene rings is 1. The van der Waals surface area contributed by atoms with Crippen molar-refractivity contribution in [1.82, 2.24) is 9.62 Å². The zero-order valence-electron chi connectivity index (χ0n) is 13.3. The summed E-state index contributed by atoms with van der Waals surface area (Å²) in [4.78, 5) is 4.75. The Morgan fingerprint density at radius 2 is 1.90 bits per heavy atom. The Hall–Kier alpha value is -0.430. The molecule has 0 bridgehead atoms. The second-order valence-corrected chi connectivity index (χ2v) is 9.38. The fourth-order valence-corrected chi connectivity index (χ4v) is 5.61. The van der Waals surface area contributed by atoms with E-state index in [1.165, 1.54) is 24.2 Å². The van der Waals surface area contributed by atoms with Crippen molar-refractivity contribution < 1.29 is 8.42 Å². The lowest BCUT2D eigenvalue weighted by Crippen LogP contribution is -2.45. The third-order valence-corrected chi connectivity index (χ3v) is 6.79. The third kappa shape index (κ3) is 4.06. The van der Waals surface area contributed by atoms with E-state index in [0.717, 1.165) is 22.8 Å². The monoisotopic (exact) mass is 330 g/mol. The Balaban J connectivity index is 2.07. The summed E-state index contributed by atoms with van der Waals surface area (Å²) in [6.45, 7) is 10.8. The third-order valence-electron chi connectivity index (χ3n) is 4.15. The second-order valence-electron chi connectivity index (χ2n) is 6.18. The van der Waals surface area contributed by atoms with Gasteiger partial charge >= 0.3 is 0 Å². The number of hydrogen-bond donors (Lipinski definition) is 1. The van der Waals surface area contributed by atoms with Gasteiger partial charge in [-0.3, -0.25) is 4.90 Å². The van der Waals surface area contributed by atoms with Crippen LogP contribution in [0, 0.1) is 19.8 Å². The highest BCUT2D eigenvalue weighted by Gasteiger charge is 2.27. The molecule has 2 rings (SSSR count). The van der Waals surface area contributed by atoms with Gasteiger partial charge < -0.3 is 0 Å². The number of rotatable bonds is 6. The van der Waals surface area contributed by atoms with Gasteiger partial charge in [-0.05, 0) is 51.8 Å². The predicted octanol–water partition coefficient (Wildman–Crippen LogP) is 2.76. The maximum atomic E-state index is 12.5. The van der Waals surface area contributed by atoms with E-state index in [1.54, 1.807) is 6.07 Å². The summed E-state index contributed by atoms with van der Waals surface area (Å²) in [7, 11) is -3.39. The first-order valence-corrected chi connectivity index (χ1v) is 9.92. The first kappa shape index (κ1) is 16.9. The van der Waals surface area contributed by atoms with Gasteiger partial charge in [0.25, 0.3) is 0 Å². The zero-order valence-corrected chi connectivity index (χ0v) is 15.0. The molecule has 1 aromatic rings. The van der Waals surface area contributed by atoms with Gasteiger partial charge in [-0.2, -0.15) is 0 Å². The molecule has 0 aliphatic carbocycles. The standard InChI is InChI=1S/C15H26N2O2S2/c1-11(2)14(17-7-5-6-8-17)10-16-21(18,19)15-9-12(3)20-13(15)4/h9,11,14,16H,5-8,10H2,1-4H3/t14-/m0/s1. The van der Waals surface area contributed by atoms with E-state index in [2.05, 4.69) is 23.5 Å². The van der Waals surface area contributed by atoms with Crippen LogP contribution >= 0.6 is 11.3 Å². The summed E-state index contributed by atoms with van der Waals surface area (Å²) in [5.41, 5.74) is 0. The van der Waals surface area contributed by atoms with E-state index in [4.69, 9.17) is 0 Å². The molecule has 21 heavy (non-hydrogen) atoms. The molecule has 2 heterocycles. The molecule has 0 saturated carbocycles. The quantitative estimate of drug-likeness (QED) is 0.872. The number of nitrogens with one attached hydrogen (secondary N) is 1. The van der Waals surface area contributed by atoms with Crippen LogP contribution in [0.25, 0.3) is 0 Å². The fourth-order valence-electron chi connectivity index (χ4n) is 3.01. The summed E-state index contributed by atoms with van der Waals surface area (Å²) < 4.78 is 27.8. The van der Waals surface area contributed by atoms with Crippen LogP contribution in [0.3, 0.4) is 0 Å². The Kier molecular flexibility index (Phi) is 5.46. The molecule has 0 amide bonds. The van der Waals surface area contributed by atoms with E-state index >= 15 is 0 Å². The molecule has 1 aromatic heterocycles. The van der Waals surface area contributed by atoms with E-state index in [1.807, 2.05) is 13.8 Å². The maximum absolute atomic E-state index is 12.5. The van der Waals surface area contributed by atoms with Crippen LogP contribution in [-0.4, -0.2) is 39.0 Å². The molecule has 1 aliphatic rings. The van der Waals surface area contributed by atoms with Gasteiger partial charge in [0.2, 0.25) is 10.0 Å². The highest BCUT2D eigenvalue weighted by atomic mass is 32.2. The average molecular weight is 331 g/mol. The van der Waals surface area contributed by atoms with Crippen molar-refractivity contribution >= 4 is 21.4 Å². The molecular formula is C15H26N2O2S2. The van der Waals surface area contributed by atoms with Crippen LogP contribution < -0.4 is 4.72 Å². The lowest BCUT2D eigenvalue weighted by atomic mass is 10.0. The summed E-state index contributed by atoms with van der Waals surface area (Å²) in [5.74, 6) is 0.441. The highest BCUT2D eigenvalue weighted by molar-refractivity contribution is 7.89. The molecular weight excluding hydrogens is 304 g/mol. The van der Waals surface area contributed by atoms with E-state index in [0.29, 0.717) is 17.4 Å². The molecule has 1 saturated heterocycles. The molecule has 0 aromatic carbocycles. The minimum Gasteiger partial charge on any atom is -0.299 e. The van der Waals surface area contributed by atoms with Crippen molar-refractivity contribution in [3.8, 4) is 0 Å². The average Bonchev–Trinajstić information content (AvgIpc) is 2.99. The van der Waals surface area contributed by atoms with Crippen molar-refractivity contribution in [2.75, 3.05) is 19.6 Å².